The van der Waals surface area contributed by atoms with Crippen LogP contribution in [0.4, 0.5) is 0 Å². The maximum atomic E-state index is 5.25. The lowest BCUT2D eigenvalue weighted by molar-refractivity contribution is 0.112. The Labute approximate surface area is 114 Å². The molecule has 1 aliphatic heterocycles. The van der Waals surface area contributed by atoms with Gasteiger partial charge in [-0.1, -0.05) is 11.2 Å². The van der Waals surface area contributed by atoms with Crippen molar-refractivity contribution in [2.24, 2.45) is 5.16 Å². The monoisotopic (exact) mass is 262 g/mol. The number of oxime groups is 1. The molecule has 0 saturated carbocycles. The summed E-state index contributed by atoms with van der Waals surface area (Å²) < 4.78 is 0. The Hall–Kier alpha value is -1.46. The van der Waals surface area contributed by atoms with E-state index in [9.17, 15) is 0 Å². The molecule has 1 fully saturated rings. The summed E-state index contributed by atoms with van der Waals surface area (Å²) in [5.41, 5.74) is 0.960. The van der Waals surface area contributed by atoms with Crippen molar-refractivity contribution in [3.8, 4) is 0 Å². The number of piperazine rings is 1. The van der Waals surface area contributed by atoms with Gasteiger partial charge in [0.05, 0.1) is 6.21 Å². The second kappa shape index (κ2) is 7.86. The maximum absolute atomic E-state index is 5.25. The van der Waals surface area contributed by atoms with E-state index >= 15 is 0 Å². The van der Waals surface area contributed by atoms with Crippen molar-refractivity contribution >= 4 is 6.21 Å². The molecule has 1 aliphatic rings. The summed E-state index contributed by atoms with van der Waals surface area (Å²) in [4.78, 5) is 14.1. The molecule has 0 bridgehead atoms. The van der Waals surface area contributed by atoms with Gasteiger partial charge in [-0.25, -0.2) is 0 Å². The average Bonchev–Trinajstić information content (AvgIpc) is 2.46. The lowest BCUT2D eigenvalue weighted by atomic mass is 10.3. The zero-order valence-electron chi connectivity index (χ0n) is 11.5. The molecule has 0 unspecified atom stereocenters. The van der Waals surface area contributed by atoms with Gasteiger partial charge in [-0.2, -0.15) is 0 Å². The molecule has 1 aromatic heterocycles. The first-order valence-electron chi connectivity index (χ1n) is 6.81. The van der Waals surface area contributed by atoms with E-state index < -0.39 is 0 Å². The molecular weight excluding hydrogens is 240 g/mol. The van der Waals surface area contributed by atoms with E-state index in [1.807, 2.05) is 12.1 Å². The molecule has 0 amide bonds. The average molecular weight is 262 g/mol. The fourth-order valence-corrected chi connectivity index (χ4v) is 2.03. The van der Waals surface area contributed by atoms with Gasteiger partial charge in [-0.05, 0) is 19.5 Å². The summed E-state index contributed by atoms with van der Waals surface area (Å²) in [6.07, 6.45) is 6.22. The highest BCUT2D eigenvalue weighted by Crippen LogP contribution is 2.00. The fraction of sp³-hybridized carbons (Fsp3) is 0.571. The summed E-state index contributed by atoms with van der Waals surface area (Å²) in [5.74, 6) is 0. The van der Waals surface area contributed by atoms with Crippen LogP contribution < -0.4 is 0 Å². The third-order valence-corrected chi connectivity index (χ3v) is 3.27. The van der Waals surface area contributed by atoms with Gasteiger partial charge >= 0.3 is 0 Å². The van der Waals surface area contributed by atoms with Crippen molar-refractivity contribution in [3.05, 3.63) is 30.1 Å². The lowest BCUT2D eigenvalue weighted by Gasteiger charge is -2.32. The molecule has 5 heteroatoms. The summed E-state index contributed by atoms with van der Waals surface area (Å²) in [6.45, 7) is 6.42. The molecule has 0 spiro atoms. The number of hydrogen-bond donors (Lipinski definition) is 0. The number of aromatic nitrogens is 1. The molecule has 0 aromatic carbocycles. The second-order valence-electron chi connectivity index (χ2n) is 4.85. The van der Waals surface area contributed by atoms with Crippen molar-refractivity contribution in [1.82, 2.24) is 14.8 Å². The van der Waals surface area contributed by atoms with Gasteiger partial charge in [-0.15, -0.1) is 0 Å². The van der Waals surface area contributed by atoms with Crippen LogP contribution in [-0.2, 0) is 4.84 Å². The molecule has 1 aromatic rings. The molecular formula is C14H22N4O. The third-order valence-electron chi connectivity index (χ3n) is 3.27. The Bertz CT molecular complexity index is 374. The molecule has 5 nitrogen and oxygen atoms in total. The third kappa shape index (κ3) is 5.36. The number of likely N-dealkylation sites (N-methyl/N-ethyl adjacent to an activating group) is 1. The highest BCUT2D eigenvalue weighted by molar-refractivity contribution is 5.78. The molecule has 0 N–H and O–H groups in total. The van der Waals surface area contributed by atoms with Crippen molar-refractivity contribution < 1.29 is 4.84 Å². The lowest BCUT2D eigenvalue weighted by Crippen LogP contribution is -2.44. The van der Waals surface area contributed by atoms with E-state index in [0.29, 0.717) is 6.61 Å². The van der Waals surface area contributed by atoms with Crippen LogP contribution >= 0.6 is 0 Å². The molecule has 0 atom stereocenters. The van der Waals surface area contributed by atoms with Crippen molar-refractivity contribution in [2.75, 3.05) is 46.4 Å². The largest absolute Gasteiger partial charge is 0.396 e. The summed E-state index contributed by atoms with van der Waals surface area (Å²) in [5, 5.41) is 3.94. The smallest absolute Gasteiger partial charge is 0.118 e. The van der Waals surface area contributed by atoms with Gasteiger partial charge in [0.25, 0.3) is 0 Å². The second-order valence-corrected chi connectivity index (χ2v) is 4.85. The molecule has 104 valence electrons. The molecule has 0 aliphatic carbocycles. The van der Waals surface area contributed by atoms with Crippen LogP contribution in [0.2, 0.25) is 0 Å². The minimum atomic E-state index is 0.670. The van der Waals surface area contributed by atoms with Crippen LogP contribution in [0.3, 0.4) is 0 Å². The van der Waals surface area contributed by atoms with E-state index in [0.717, 1.165) is 31.6 Å². The predicted octanol–water partition coefficient (Wildman–Crippen LogP) is 1.07. The summed E-state index contributed by atoms with van der Waals surface area (Å²) in [6, 6.07) is 3.83. The van der Waals surface area contributed by atoms with E-state index in [1.165, 1.54) is 13.1 Å². The van der Waals surface area contributed by atoms with E-state index in [-0.39, 0.29) is 0 Å². The number of rotatable bonds is 6. The minimum Gasteiger partial charge on any atom is -0.396 e. The van der Waals surface area contributed by atoms with Crippen LogP contribution in [0.5, 0.6) is 0 Å². The van der Waals surface area contributed by atoms with Gasteiger partial charge in [0.15, 0.2) is 0 Å². The first kappa shape index (κ1) is 14.0. The molecule has 2 rings (SSSR count). The molecule has 1 saturated heterocycles. The van der Waals surface area contributed by atoms with Gasteiger partial charge in [0.1, 0.15) is 6.61 Å². The Kier molecular flexibility index (Phi) is 5.78. The highest BCUT2D eigenvalue weighted by Gasteiger charge is 2.12. The highest BCUT2D eigenvalue weighted by atomic mass is 16.6. The quantitative estimate of drug-likeness (QED) is 0.437. The zero-order valence-corrected chi connectivity index (χ0v) is 11.5. The van der Waals surface area contributed by atoms with Crippen molar-refractivity contribution in [2.45, 2.75) is 6.42 Å². The number of nitrogens with zero attached hydrogens (tertiary/aromatic N) is 4. The van der Waals surface area contributed by atoms with Crippen LogP contribution in [0.1, 0.15) is 12.0 Å². The summed E-state index contributed by atoms with van der Waals surface area (Å²) in [7, 11) is 2.17. The molecule has 0 radical (unpaired) electrons. The number of hydrogen-bond acceptors (Lipinski definition) is 5. The summed E-state index contributed by atoms with van der Waals surface area (Å²) >= 11 is 0. The Morgan fingerprint density at radius 3 is 2.95 bits per heavy atom. The maximum Gasteiger partial charge on any atom is 0.118 e. The van der Waals surface area contributed by atoms with Crippen molar-refractivity contribution in [3.63, 3.8) is 0 Å². The van der Waals surface area contributed by atoms with Crippen LogP contribution in [-0.4, -0.2) is 67.4 Å². The van der Waals surface area contributed by atoms with E-state index in [1.54, 1.807) is 18.6 Å². The topological polar surface area (TPSA) is 41.0 Å². The van der Waals surface area contributed by atoms with Gasteiger partial charge in [0, 0.05) is 50.7 Å². The first-order chi connectivity index (χ1) is 9.34. The first-order valence-corrected chi connectivity index (χ1v) is 6.81. The van der Waals surface area contributed by atoms with Crippen LogP contribution in [0.25, 0.3) is 0 Å². The number of pyridine rings is 1. The van der Waals surface area contributed by atoms with Gasteiger partial charge in [0.2, 0.25) is 0 Å². The minimum absolute atomic E-state index is 0.670. The fourth-order valence-electron chi connectivity index (χ4n) is 2.03. The van der Waals surface area contributed by atoms with E-state index in [2.05, 4.69) is 27.0 Å². The molecule has 2 heterocycles. The Balaban J connectivity index is 1.54. The zero-order chi connectivity index (χ0) is 13.3. The van der Waals surface area contributed by atoms with Gasteiger partial charge < -0.3 is 14.6 Å². The Morgan fingerprint density at radius 2 is 2.21 bits per heavy atom. The van der Waals surface area contributed by atoms with Crippen molar-refractivity contribution in [1.29, 1.82) is 0 Å². The normalized spacial score (nSPS) is 17.9. The van der Waals surface area contributed by atoms with E-state index in [4.69, 9.17) is 4.84 Å². The Morgan fingerprint density at radius 1 is 1.37 bits per heavy atom. The van der Waals surface area contributed by atoms with Crippen LogP contribution in [0, 0.1) is 0 Å². The van der Waals surface area contributed by atoms with Crippen LogP contribution in [0.15, 0.2) is 29.7 Å². The standard InChI is InChI=1S/C14H22N4O/c1-17-7-9-18(10-8-17)6-3-11-19-16-13-14-4-2-5-15-12-14/h2,4-5,12-13H,3,6-11H2,1H3. The predicted molar refractivity (Wildman–Crippen MR) is 76.3 cm³/mol. The van der Waals surface area contributed by atoms with Gasteiger partial charge in [-0.3, -0.25) is 4.98 Å². The SMILES string of the molecule is CN1CCN(CCCON=Cc2cccnc2)CC1. The molecule has 19 heavy (non-hydrogen) atoms.